The molecule has 0 aliphatic carbocycles. The Morgan fingerprint density at radius 1 is 0.593 bits per heavy atom. The minimum absolute atomic E-state index is 0. The van der Waals surface area contributed by atoms with Crippen LogP contribution in [-0.2, 0) is 43.9 Å². The summed E-state index contributed by atoms with van der Waals surface area (Å²) in [6.07, 6.45) is 26.8. The van der Waals surface area contributed by atoms with Crippen LogP contribution >= 0.6 is 0 Å². The molecule has 0 saturated heterocycles. The molecule has 9 aromatic rings. The van der Waals surface area contributed by atoms with E-state index in [4.69, 9.17) is 22.1 Å². The number of rotatable bonds is 11. The number of hydrogen-bond donors (Lipinski definition) is 0. The van der Waals surface area contributed by atoms with Gasteiger partial charge in [0.15, 0.2) is 0 Å². The van der Waals surface area contributed by atoms with Crippen LogP contribution in [-0.4, -0.2) is 32.9 Å². The van der Waals surface area contributed by atoms with E-state index in [1.54, 1.807) is 36.4 Å². The summed E-state index contributed by atoms with van der Waals surface area (Å²) in [5, 5.41) is 1.58. The summed E-state index contributed by atoms with van der Waals surface area (Å²) in [6.45, 7) is 9.33. The number of hydrogen-bond acceptors (Lipinski definition) is 6. The summed E-state index contributed by atoms with van der Waals surface area (Å²) < 4.78 is 108. The molecule has 0 fully saturated rings. The zero-order chi connectivity index (χ0) is 67.5. The Kier molecular flexibility index (Phi) is 11.6. The van der Waals surface area contributed by atoms with Crippen molar-refractivity contribution < 1.29 is 40.9 Å². The predicted octanol–water partition coefficient (Wildman–Crippen LogP) is 18.2. The second kappa shape index (κ2) is 22.3. The van der Waals surface area contributed by atoms with Gasteiger partial charge in [0.2, 0.25) is 0 Å². The van der Waals surface area contributed by atoms with Crippen molar-refractivity contribution in [2.75, 3.05) is 9.80 Å². The van der Waals surface area contributed by atoms with Gasteiger partial charge in [0.1, 0.15) is 5.82 Å². The molecule has 0 radical (unpaired) electrons. The summed E-state index contributed by atoms with van der Waals surface area (Å²) in [6, 6.07) is 41.8. The van der Waals surface area contributed by atoms with E-state index in [2.05, 4.69) is 178 Å². The van der Waals surface area contributed by atoms with Crippen LogP contribution < -0.4 is 14.5 Å². The van der Waals surface area contributed by atoms with Gasteiger partial charge in [-0.15, -0.1) is 47.0 Å². The Morgan fingerprint density at radius 2 is 1.26 bits per heavy atom. The van der Waals surface area contributed by atoms with Gasteiger partial charge in [-0.25, -0.2) is 4.98 Å². The van der Waals surface area contributed by atoms with E-state index in [1.165, 1.54) is 36.0 Å². The molecular weight excluding hydrogens is 1230 g/mol. The number of benzene rings is 7. The topological polar surface area (TPSA) is 40.0 Å². The average Bonchev–Trinajstić information content (AvgIpc) is 1.68. The van der Waals surface area contributed by atoms with Gasteiger partial charge < -0.3 is 28.7 Å². The second-order valence-electron chi connectivity index (χ2n) is 24.2. The molecule has 0 atom stereocenters. The van der Waals surface area contributed by atoms with E-state index in [-0.39, 0.29) is 85.2 Å². The third-order valence-corrected chi connectivity index (χ3v) is 16.7. The first-order valence-electron chi connectivity index (χ1n) is 34.3. The van der Waals surface area contributed by atoms with Crippen LogP contribution in [0.2, 0.25) is 0 Å². The number of pyridine rings is 1. The molecule has 0 bridgehead atoms. The summed E-state index contributed by atoms with van der Waals surface area (Å²) in [4.78, 5) is 13.5. The molecule has 7 aromatic carbocycles. The Hall–Kier alpha value is -8.77. The Morgan fingerprint density at radius 3 is 1.93 bits per heavy atom. The first kappa shape index (κ1) is 44.7. The molecule has 5 aliphatic rings. The molecular formula is C76H67B2N6OPt-3. The Bertz CT molecular complexity index is 4820. The van der Waals surface area contributed by atoms with Gasteiger partial charge >= 0.3 is 13.7 Å². The Balaban J connectivity index is 0.00000849. The van der Waals surface area contributed by atoms with Gasteiger partial charge in [0.25, 0.3) is 0 Å². The smallest absolute Gasteiger partial charge is 0.320 e. The van der Waals surface area contributed by atoms with E-state index in [0.29, 0.717) is 23.3 Å². The van der Waals surface area contributed by atoms with Crippen molar-refractivity contribution in [1.29, 1.82) is 0 Å². The fourth-order valence-corrected chi connectivity index (χ4v) is 12.2. The third kappa shape index (κ3) is 10.3. The number of ether oxygens (including phenoxy) is 1. The first-order chi connectivity index (χ1) is 45.7. The number of nitrogens with zero attached hydrogens (tertiary/aromatic N) is 6. The van der Waals surface area contributed by atoms with Crippen LogP contribution in [0.4, 0.5) is 17.1 Å². The van der Waals surface area contributed by atoms with E-state index in [9.17, 15) is 2.74 Å². The van der Waals surface area contributed by atoms with Gasteiger partial charge in [-0.2, -0.15) is 12.7 Å². The van der Waals surface area contributed by atoms with E-state index in [1.807, 2.05) is 52.5 Å². The summed E-state index contributed by atoms with van der Waals surface area (Å²) in [5.41, 5.74) is 8.56. The minimum atomic E-state index is -3.05. The summed E-state index contributed by atoms with van der Waals surface area (Å²) in [7, 11) is 0. The molecule has 0 saturated carbocycles. The molecule has 2 aromatic heterocycles. The fraction of sp³-hybridized carbons (Fsp3) is 0.158. The van der Waals surface area contributed by atoms with Crippen LogP contribution in [0, 0.1) is 18.8 Å². The van der Waals surface area contributed by atoms with Crippen LogP contribution in [0.5, 0.6) is 11.5 Å². The SMILES string of the molecule is [2H]c1c([2H])c([2H])c(-c2cc(Oc3[c-]c4c(cc3)c3cc(C(C)(C)C)ccc3n4-c3cc(C(c4ccccc4)(C([2H])([2H])[2H])C([2H])([2H])[2H])ccn3)[c-]c(N3[CH-]N(Cc4c(C5=CC=CN6C=CC=CB56)cc(C(C)(C)C)cc4C4=CC=CN5C=CC=CB45)c4ccccc43)c2)c([2H])c1[2H].[Pt]. The predicted molar refractivity (Wildman–Crippen MR) is 356 cm³/mol. The molecule has 14 rings (SSSR count). The molecule has 86 heavy (non-hydrogen) atoms. The number of para-hydroxylation sites is 2. The van der Waals surface area contributed by atoms with Crippen molar-refractivity contribution in [3.8, 4) is 28.4 Å². The molecule has 0 amide bonds. The van der Waals surface area contributed by atoms with Crippen LogP contribution in [0.25, 0.3) is 49.7 Å². The quantitative estimate of drug-likeness (QED) is 0.0949. The standard InChI is InChI=1S/C76H67B2N6O.Pt/c1-74(2,3)56-31-34-69-65(45-56)62-33-32-60(50-72(62)84(69)73-48-57(35-38-79-73)76(7,8)55-25-13-10-14-26-55)85-61-44-54(53-23-11-9-12-24-53)43-59(49-61)83-52-80(70-29-15-16-30-71(70)83)51-66-63(67-27-21-41-81-39-19-17-36-77(67)81)46-58(75(4,5)6)47-64(66)68-28-22-42-82-40-20-18-37-78(68)82;/h9-48,52H,51H2,1-8H3;/q-3;/i7D3,8D3,9D,11D,12D,23D,24D;. The third-order valence-electron chi connectivity index (χ3n) is 16.7. The fourth-order valence-electron chi connectivity index (χ4n) is 12.2. The Labute approximate surface area is 537 Å². The van der Waals surface area contributed by atoms with Gasteiger partial charge in [-0.1, -0.05) is 194 Å². The largest absolute Gasteiger partial charge is 0.509 e. The van der Waals surface area contributed by atoms with Crippen molar-refractivity contribution in [3.63, 3.8) is 0 Å². The maximum Gasteiger partial charge on any atom is 0.320 e. The molecule has 0 unspecified atom stereocenters. The summed E-state index contributed by atoms with van der Waals surface area (Å²) in [5.74, 6) is 5.04. The van der Waals surface area contributed by atoms with Crippen molar-refractivity contribution in [1.82, 2.24) is 19.2 Å². The maximum absolute atomic E-state index is 9.30. The molecule has 426 valence electrons. The van der Waals surface area contributed by atoms with Gasteiger partial charge in [0, 0.05) is 75.8 Å². The van der Waals surface area contributed by atoms with E-state index >= 15 is 0 Å². The molecule has 7 nitrogen and oxygen atoms in total. The molecule has 0 spiro atoms. The van der Waals surface area contributed by atoms with Crippen LogP contribution in [0.1, 0.15) is 109 Å². The molecule has 7 heterocycles. The normalized spacial score (nSPS) is 17.4. The van der Waals surface area contributed by atoms with Crippen molar-refractivity contribution >= 4 is 63.5 Å². The van der Waals surface area contributed by atoms with Crippen LogP contribution in [0.3, 0.4) is 0 Å². The van der Waals surface area contributed by atoms with E-state index < -0.39 is 49.3 Å². The van der Waals surface area contributed by atoms with Gasteiger partial charge in [-0.3, -0.25) is 0 Å². The number of anilines is 3. The van der Waals surface area contributed by atoms with Gasteiger partial charge in [0.05, 0.1) is 6.85 Å². The van der Waals surface area contributed by atoms with Crippen molar-refractivity contribution in [3.05, 3.63) is 301 Å². The molecule has 10 heteroatoms. The maximum atomic E-state index is 9.30. The van der Waals surface area contributed by atoms with Crippen LogP contribution in [0.15, 0.2) is 243 Å². The first-order valence-corrected chi connectivity index (χ1v) is 28.8. The number of allylic oxidation sites excluding steroid dienone is 8. The van der Waals surface area contributed by atoms with Crippen molar-refractivity contribution in [2.24, 2.45) is 0 Å². The number of aromatic nitrogens is 2. The second-order valence-corrected chi connectivity index (χ2v) is 24.2. The molecule has 0 N–H and O–H groups in total. The summed E-state index contributed by atoms with van der Waals surface area (Å²) >= 11 is 0. The van der Waals surface area contributed by atoms with Gasteiger partial charge in [-0.05, 0) is 151 Å². The van der Waals surface area contributed by atoms with Crippen molar-refractivity contribution in [2.45, 2.75) is 78.0 Å². The minimum Gasteiger partial charge on any atom is -0.509 e. The zero-order valence-electron chi connectivity index (χ0n) is 59.6. The number of fused-ring (bicyclic) bond motifs is 6. The monoisotopic (exact) mass is 1310 g/mol. The zero-order valence-corrected chi connectivity index (χ0v) is 50.8. The molecule has 5 aliphatic heterocycles. The average molecular weight is 1310 g/mol. The van der Waals surface area contributed by atoms with E-state index in [0.717, 1.165) is 55.3 Å².